The first kappa shape index (κ1) is 14.0. The number of halogens is 1. The molecule has 20 heavy (non-hydrogen) atoms. The van der Waals surface area contributed by atoms with Crippen LogP contribution in [0.1, 0.15) is 46.0 Å². The lowest BCUT2D eigenvalue weighted by molar-refractivity contribution is -0.426. The van der Waals surface area contributed by atoms with Crippen molar-refractivity contribution in [1.29, 1.82) is 0 Å². The summed E-state index contributed by atoms with van der Waals surface area (Å²) >= 11 is 4.04. The van der Waals surface area contributed by atoms with E-state index in [2.05, 4.69) is 22.9 Å². The summed E-state index contributed by atoms with van der Waals surface area (Å²) in [6.07, 6.45) is 6.54. The van der Waals surface area contributed by atoms with Crippen LogP contribution in [0, 0.1) is 17.8 Å². The lowest BCUT2D eigenvalue weighted by Crippen LogP contribution is -2.78. The molecule has 0 aromatic heterocycles. The molecule has 4 bridgehead atoms. The summed E-state index contributed by atoms with van der Waals surface area (Å²) in [4.78, 5) is 0. The standard InChI is InChI=1S/C16H25BrO3/c1-3-18-13-14(19-4-2)20-16(13)11-5-10-6-12(16)9-15(17,7-10)8-11/h10-14H,3-9H2,1-2H3/t10?,11-,12+,13-,14-,15?,16?/m0/s1. The molecule has 7 atom stereocenters. The zero-order chi connectivity index (χ0) is 14.0. The van der Waals surface area contributed by atoms with Gasteiger partial charge in [0.05, 0.1) is 0 Å². The van der Waals surface area contributed by atoms with Crippen LogP contribution < -0.4 is 0 Å². The largest absolute Gasteiger partial charge is 0.370 e. The maximum absolute atomic E-state index is 6.39. The van der Waals surface area contributed by atoms with E-state index in [0.29, 0.717) is 22.8 Å². The fourth-order valence-corrected chi connectivity index (χ4v) is 6.95. The monoisotopic (exact) mass is 344 g/mol. The Morgan fingerprint density at radius 1 is 1.05 bits per heavy atom. The van der Waals surface area contributed by atoms with Gasteiger partial charge in [0.1, 0.15) is 11.7 Å². The quantitative estimate of drug-likeness (QED) is 0.730. The Balaban J connectivity index is 1.61. The van der Waals surface area contributed by atoms with Gasteiger partial charge in [-0.25, -0.2) is 0 Å². The smallest absolute Gasteiger partial charge is 0.187 e. The van der Waals surface area contributed by atoms with Crippen LogP contribution in [0.4, 0.5) is 0 Å². The summed E-state index contributed by atoms with van der Waals surface area (Å²) < 4.78 is 18.6. The van der Waals surface area contributed by atoms with Crippen LogP contribution in [0.25, 0.3) is 0 Å². The fourth-order valence-electron chi connectivity index (χ4n) is 5.71. The van der Waals surface area contributed by atoms with Gasteiger partial charge in [-0.15, -0.1) is 0 Å². The molecule has 4 aliphatic carbocycles. The average Bonchev–Trinajstić information content (AvgIpc) is 2.37. The fraction of sp³-hybridized carbons (Fsp3) is 1.00. The Morgan fingerprint density at radius 3 is 2.25 bits per heavy atom. The second kappa shape index (κ2) is 4.68. The van der Waals surface area contributed by atoms with E-state index >= 15 is 0 Å². The van der Waals surface area contributed by atoms with Crippen LogP contribution in [-0.4, -0.2) is 35.5 Å². The van der Waals surface area contributed by atoms with Gasteiger partial charge >= 0.3 is 0 Å². The lowest BCUT2D eigenvalue weighted by Gasteiger charge is -2.70. The lowest BCUT2D eigenvalue weighted by atomic mass is 9.47. The summed E-state index contributed by atoms with van der Waals surface area (Å²) in [5.74, 6) is 2.21. The summed E-state index contributed by atoms with van der Waals surface area (Å²) in [5, 5.41) is 0. The summed E-state index contributed by atoms with van der Waals surface area (Å²) in [5.41, 5.74) is -0.0377. The van der Waals surface area contributed by atoms with Crippen molar-refractivity contribution in [2.24, 2.45) is 17.8 Å². The minimum absolute atomic E-state index is 0.0377. The zero-order valence-corrected chi connectivity index (χ0v) is 14.0. The number of rotatable bonds is 4. The van der Waals surface area contributed by atoms with Gasteiger partial charge in [-0.3, -0.25) is 0 Å². The molecule has 3 nitrogen and oxygen atoms in total. The second-order valence-corrected chi connectivity index (χ2v) is 8.85. The molecule has 5 aliphatic rings. The molecule has 5 rings (SSSR count). The van der Waals surface area contributed by atoms with Crippen molar-refractivity contribution in [1.82, 2.24) is 0 Å². The van der Waals surface area contributed by atoms with Crippen molar-refractivity contribution in [2.75, 3.05) is 13.2 Å². The molecule has 5 fully saturated rings. The molecule has 0 radical (unpaired) electrons. The molecule has 0 aromatic rings. The van der Waals surface area contributed by atoms with E-state index in [9.17, 15) is 0 Å². The molecule has 0 N–H and O–H groups in total. The van der Waals surface area contributed by atoms with Crippen LogP contribution >= 0.6 is 15.9 Å². The molecule has 3 unspecified atom stereocenters. The minimum atomic E-state index is -0.135. The molecular weight excluding hydrogens is 320 g/mol. The van der Waals surface area contributed by atoms with E-state index in [0.717, 1.165) is 12.5 Å². The van der Waals surface area contributed by atoms with Crippen LogP contribution in [0.3, 0.4) is 0 Å². The Morgan fingerprint density at radius 2 is 1.70 bits per heavy atom. The summed E-state index contributed by atoms with van der Waals surface area (Å²) in [6, 6.07) is 0. The molecule has 114 valence electrons. The molecule has 1 aliphatic heterocycles. The Bertz CT molecular complexity index is 383. The molecule has 1 saturated heterocycles. The van der Waals surface area contributed by atoms with Gasteiger partial charge in [-0.1, -0.05) is 15.9 Å². The van der Waals surface area contributed by atoms with Gasteiger partial charge in [0.15, 0.2) is 6.29 Å². The third-order valence-electron chi connectivity index (χ3n) is 6.08. The van der Waals surface area contributed by atoms with Gasteiger partial charge in [-0.2, -0.15) is 0 Å². The van der Waals surface area contributed by atoms with E-state index in [4.69, 9.17) is 14.2 Å². The van der Waals surface area contributed by atoms with Gasteiger partial charge in [0.2, 0.25) is 0 Å². The van der Waals surface area contributed by atoms with Crippen molar-refractivity contribution in [3.8, 4) is 0 Å². The first-order chi connectivity index (χ1) is 9.61. The van der Waals surface area contributed by atoms with Crippen molar-refractivity contribution in [3.05, 3.63) is 0 Å². The van der Waals surface area contributed by atoms with Crippen molar-refractivity contribution >= 4 is 15.9 Å². The number of hydrogen-bond acceptors (Lipinski definition) is 3. The van der Waals surface area contributed by atoms with E-state index in [1.54, 1.807) is 0 Å². The molecule has 4 saturated carbocycles. The van der Waals surface area contributed by atoms with Crippen molar-refractivity contribution in [2.45, 2.75) is 68.3 Å². The molecular formula is C16H25BrO3. The topological polar surface area (TPSA) is 27.7 Å². The highest BCUT2D eigenvalue weighted by Crippen LogP contribution is 2.67. The van der Waals surface area contributed by atoms with Crippen LogP contribution in [0.2, 0.25) is 0 Å². The molecule has 0 aromatic carbocycles. The second-order valence-electron chi connectivity index (χ2n) is 7.17. The number of hydrogen-bond donors (Lipinski definition) is 0. The Hall–Kier alpha value is 0.360. The molecule has 4 heteroatoms. The Labute approximate surface area is 129 Å². The predicted octanol–water partition coefficient (Wildman–Crippen LogP) is 3.50. The third kappa shape index (κ3) is 1.74. The highest BCUT2D eigenvalue weighted by Gasteiger charge is 2.72. The van der Waals surface area contributed by atoms with E-state index in [1.807, 2.05) is 6.92 Å². The number of alkyl halides is 1. The maximum atomic E-state index is 6.39. The average molecular weight is 345 g/mol. The normalized spacial score (nSPS) is 56.2. The minimum Gasteiger partial charge on any atom is -0.370 e. The zero-order valence-electron chi connectivity index (χ0n) is 12.4. The van der Waals surface area contributed by atoms with Crippen molar-refractivity contribution < 1.29 is 14.2 Å². The van der Waals surface area contributed by atoms with E-state index < -0.39 is 0 Å². The SMILES string of the molecule is CCO[C@H]1OC2([C@@H]3CC4C[C@H]2CC(Br)(C4)C3)[C@H]1OCC. The van der Waals surface area contributed by atoms with Crippen molar-refractivity contribution in [3.63, 3.8) is 0 Å². The van der Waals surface area contributed by atoms with E-state index in [1.165, 1.54) is 32.1 Å². The van der Waals surface area contributed by atoms with Gasteiger partial charge in [0, 0.05) is 17.5 Å². The first-order valence-electron chi connectivity index (χ1n) is 8.21. The van der Waals surface area contributed by atoms with Crippen LogP contribution in [0.5, 0.6) is 0 Å². The Kier molecular flexibility index (Phi) is 3.27. The van der Waals surface area contributed by atoms with Gasteiger partial charge in [0.25, 0.3) is 0 Å². The number of ether oxygens (including phenoxy) is 3. The predicted molar refractivity (Wildman–Crippen MR) is 79.9 cm³/mol. The molecule has 1 spiro atoms. The summed E-state index contributed by atoms with van der Waals surface area (Å²) in [7, 11) is 0. The highest BCUT2D eigenvalue weighted by molar-refractivity contribution is 9.10. The van der Waals surface area contributed by atoms with Gasteiger partial charge < -0.3 is 14.2 Å². The molecule has 0 amide bonds. The van der Waals surface area contributed by atoms with Gasteiger partial charge in [-0.05, 0) is 63.7 Å². The maximum Gasteiger partial charge on any atom is 0.187 e. The third-order valence-corrected chi connectivity index (χ3v) is 7.05. The highest BCUT2D eigenvalue weighted by atomic mass is 79.9. The summed E-state index contributed by atoms with van der Waals surface area (Å²) in [6.45, 7) is 5.56. The first-order valence-corrected chi connectivity index (χ1v) is 9.00. The molecule has 1 heterocycles. The van der Waals surface area contributed by atoms with Crippen LogP contribution in [-0.2, 0) is 14.2 Å². The van der Waals surface area contributed by atoms with E-state index in [-0.39, 0.29) is 18.0 Å². The van der Waals surface area contributed by atoms with Crippen LogP contribution in [0.15, 0.2) is 0 Å².